The zero-order valence-electron chi connectivity index (χ0n) is 10.8. The zero-order valence-corrected chi connectivity index (χ0v) is 11.6. The second-order valence-corrected chi connectivity index (χ2v) is 4.81. The number of hydrogen-bond acceptors (Lipinski definition) is 5. The van der Waals surface area contributed by atoms with Crippen LogP contribution in [0.25, 0.3) is 11.4 Å². The number of pyridine rings is 1. The number of aromatic nitrogens is 2. The topological polar surface area (TPSA) is 119 Å². The smallest absolute Gasteiger partial charge is 0.217 e. The Balaban J connectivity index is 2.20. The molecule has 0 saturated carbocycles. The molecular weight excluding hydrogens is 276 g/mol. The molecular formula is C12H14N6OS. The van der Waals surface area contributed by atoms with E-state index in [2.05, 4.69) is 20.3 Å². The Bertz CT molecular complexity index is 647. The number of thiazole rings is 1. The Hall–Kier alpha value is -2.48. The summed E-state index contributed by atoms with van der Waals surface area (Å²) >= 11 is 1.33. The van der Waals surface area contributed by atoms with E-state index >= 15 is 0 Å². The van der Waals surface area contributed by atoms with Crippen molar-refractivity contribution >= 4 is 28.3 Å². The van der Waals surface area contributed by atoms with Gasteiger partial charge < -0.3 is 16.8 Å². The average Bonchev–Trinajstić information content (AvgIpc) is 2.84. The molecule has 1 amide bonds. The maximum absolute atomic E-state index is 10.9. The van der Waals surface area contributed by atoms with Crippen molar-refractivity contribution in [2.45, 2.75) is 13.5 Å². The number of amides is 1. The summed E-state index contributed by atoms with van der Waals surface area (Å²) < 4.78 is 0. The molecule has 0 fully saturated rings. The highest BCUT2D eigenvalue weighted by atomic mass is 32.1. The number of guanidine groups is 1. The van der Waals surface area contributed by atoms with Crippen molar-refractivity contribution in [2.75, 3.05) is 0 Å². The number of aliphatic imine (C=N–C) groups is 1. The van der Waals surface area contributed by atoms with Crippen LogP contribution in [0.4, 0.5) is 5.13 Å². The van der Waals surface area contributed by atoms with Crippen molar-refractivity contribution in [3.05, 3.63) is 29.3 Å². The number of nitrogens with zero attached hydrogens (tertiary/aromatic N) is 3. The van der Waals surface area contributed by atoms with Gasteiger partial charge >= 0.3 is 0 Å². The van der Waals surface area contributed by atoms with Crippen LogP contribution in [0.1, 0.15) is 12.6 Å². The van der Waals surface area contributed by atoms with Crippen LogP contribution in [0, 0.1) is 0 Å². The maximum Gasteiger partial charge on any atom is 0.217 e. The molecule has 20 heavy (non-hydrogen) atoms. The molecule has 8 heteroatoms. The molecule has 2 heterocycles. The number of rotatable bonds is 4. The summed E-state index contributed by atoms with van der Waals surface area (Å²) in [7, 11) is 0. The summed E-state index contributed by atoms with van der Waals surface area (Å²) in [5, 5.41) is 5.00. The Kier molecular flexibility index (Phi) is 4.26. The third-order valence-electron chi connectivity index (χ3n) is 2.30. The summed E-state index contributed by atoms with van der Waals surface area (Å²) in [5.74, 6) is -0.126. The molecule has 0 aliphatic rings. The molecule has 0 saturated heterocycles. The minimum absolute atomic E-state index is 0.0294. The predicted octanol–water partition coefficient (Wildman–Crippen LogP) is 0.746. The number of carbonyl (C=O) groups is 1. The fourth-order valence-electron chi connectivity index (χ4n) is 1.48. The Labute approximate surface area is 119 Å². The molecule has 104 valence electrons. The van der Waals surface area contributed by atoms with Crippen LogP contribution in [-0.4, -0.2) is 21.8 Å². The first-order valence-electron chi connectivity index (χ1n) is 5.80. The van der Waals surface area contributed by atoms with Crippen LogP contribution in [0.5, 0.6) is 0 Å². The fourth-order valence-corrected chi connectivity index (χ4v) is 2.18. The fraction of sp³-hybridized carbons (Fsp3) is 0.167. The lowest BCUT2D eigenvalue weighted by Crippen LogP contribution is -2.21. The van der Waals surface area contributed by atoms with Gasteiger partial charge in [-0.3, -0.25) is 4.79 Å². The molecule has 5 N–H and O–H groups in total. The van der Waals surface area contributed by atoms with E-state index in [-0.39, 0.29) is 11.9 Å². The van der Waals surface area contributed by atoms with Gasteiger partial charge in [-0.2, -0.15) is 4.99 Å². The number of nitrogens with one attached hydrogen (secondary N) is 1. The summed E-state index contributed by atoms with van der Waals surface area (Å²) in [4.78, 5) is 23.5. The number of hydrogen-bond donors (Lipinski definition) is 3. The molecule has 2 rings (SSSR count). The molecule has 0 atom stereocenters. The molecule has 0 spiro atoms. The van der Waals surface area contributed by atoms with E-state index in [1.807, 2.05) is 23.6 Å². The quantitative estimate of drug-likeness (QED) is 0.567. The Morgan fingerprint density at radius 2 is 2.15 bits per heavy atom. The van der Waals surface area contributed by atoms with Crippen molar-refractivity contribution in [2.24, 2.45) is 16.5 Å². The van der Waals surface area contributed by atoms with Crippen LogP contribution in [0.15, 0.2) is 28.6 Å². The molecule has 0 aliphatic heterocycles. The van der Waals surface area contributed by atoms with E-state index < -0.39 is 0 Å². The van der Waals surface area contributed by atoms with Gasteiger partial charge in [-0.15, -0.1) is 11.3 Å². The first kappa shape index (κ1) is 13.9. The largest absolute Gasteiger partial charge is 0.370 e. The normalized spacial score (nSPS) is 10.1. The SMILES string of the molecule is CC(=O)NCc1cccc(-c2csc(N=C(N)N)n2)n1. The highest BCUT2D eigenvalue weighted by Crippen LogP contribution is 2.25. The molecule has 0 unspecified atom stereocenters. The standard InChI is InChI=1S/C12H14N6OS/c1-7(19)15-5-8-3-2-4-9(16-8)10-6-20-12(17-10)18-11(13)14/h2-4,6H,5H2,1H3,(H,15,19)(H4,13,14,17,18). The summed E-state index contributed by atoms with van der Waals surface area (Å²) in [6.07, 6.45) is 0. The Morgan fingerprint density at radius 3 is 2.85 bits per heavy atom. The number of carbonyl (C=O) groups excluding carboxylic acids is 1. The molecule has 0 bridgehead atoms. The van der Waals surface area contributed by atoms with Gasteiger partial charge in [-0.1, -0.05) is 6.07 Å². The molecule has 0 aliphatic carbocycles. The second-order valence-electron chi connectivity index (χ2n) is 3.98. The summed E-state index contributed by atoms with van der Waals surface area (Å²) in [6, 6.07) is 5.54. The summed E-state index contributed by atoms with van der Waals surface area (Å²) in [5.41, 5.74) is 12.8. The lowest BCUT2D eigenvalue weighted by Gasteiger charge is -2.03. The molecule has 0 radical (unpaired) electrons. The van der Waals surface area contributed by atoms with Gasteiger partial charge in [-0.25, -0.2) is 9.97 Å². The maximum atomic E-state index is 10.9. The molecule has 7 nitrogen and oxygen atoms in total. The summed E-state index contributed by atoms with van der Waals surface area (Å²) in [6.45, 7) is 1.85. The molecule has 2 aromatic rings. The predicted molar refractivity (Wildman–Crippen MR) is 78.3 cm³/mol. The highest BCUT2D eigenvalue weighted by Gasteiger charge is 2.06. The minimum atomic E-state index is -0.0964. The first-order valence-corrected chi connectivity index (χ1v) is 6.68. The van der Waals surface area contributed by atoms with Crippen LogP contribution < -0.4 is 16.8 Å². The first-order chi connectivity index (χ1) is 9.54. The van der Waals surface area contributed by atoms with Crippen molar-refractivity contribution in [3.63, 3.8) is 0 Å². The van der Waals surface area contributed by atoms with Crippen LogP contribution in [-0.2, 0) is 11.3 Å². The lowest BCUT2D eigenvalue weighted by molar-refractivity contribution is -0.119. The van der Waals surface area contributed by atoms with Gasteiger partial charge in [0.05, 0.1) is 17.9 Å². The van der Waals surface area contributed by atoms with Crippen molar-refractivity contribution < 1.29 is 4.79 Å². The average molecular weight is 290 g/mol. The zero-order chi connectivity index (χ0) is 14.5. The Morgan fingerprint density at radius 1 is 1.35 bits per heavy atom. The van der Waals surface area contributed by atoms with E-state index in [1.165, 1.54) is 18.3 Å². The van der Waals surface area contributed by atoms with E-state index in [0.29, 0.717) is 23.1 Å². The van der Waals surface area contributed by atoms with Crippen LogP contribution >= 0.6 is 11.3 Å². The van der Waals surface area contributed by atoms with Gasteiger partial charge in [0.1, 0.15) is 5.69 Å². The van der Waals surface area contributed by atoms with Gasteiger partial charge in [-0.05, 0) is 12.1 Å². The van der Waals surface area contributed by atoms with E-state index in [0.717, 1.165) is 5.69 Å². The van der Waals surface area contributed by atoms with Crippen molar-refractivity contribution in [1.29, 1.82) is 0 Å². The number of nitrogens with two attached hydrogens (primary N) is 2. The molecule has 0 aromatic carbocycles. The minimum Gasteiger partial charge on any atom is -0.370 e. The monoisotopic (exact) mass is 290 g/mol. The van der Waals surface area contributed by atoms with E-state index in [1.54, 1.807) is 0 Å². The van der Waals surface area contributed by atoms with Crippen molar-refractivity contribution in [3.8, 4) is 11.4 Å². The van der Waals surface area contributed by atoms with Crippen LogP contribution in [0.3, 0.4) is 0 Å². The van der Waals surface area contributed by atoms with Crippen LogP contribution in [0.2, 0.25) is 0 Å². The van der Waals surface area contributed by atoms with E-state index in [9.17, 15) is 4.79 Å². The molecule has 2 aromatic heterocycles. The highest BCUT2D eigenvalue weighted by molar-refractivity contribution is 7.13. The van der Waals surface area contributed by atoms with Crippen molar-refractivity contribution in [1.82, 2.24) is 15.3 Å². The lowest BCUT2D eigenvalue weighted by atomic mass is 10.2. The van der Waals surface area contributed by atoms with Gasteiger partial charge in [0.15, 0.2) is 5.96 Å². The van der Waals surface area contributed by atoms with E-state index in [4.69, 9.17) is 11.5 Å². The third kappa shape index (κ3) is 3.75. The van der Waals surface area contributed by atoms with Gasteiger partial charge in [0, 0.05) is 12.3 Å². The van der Waals surface area contributed by atoms with Gasteiger partial charge in [0.2, 0.25) is 11.0 Å². The van der Waals surface area contributed by atoms with Gasteiger partial charge in [0.25, 0.3) is 0 Å². The second kappa shape index (κ2) is 6.11. The third-order valence-corrected chi connectivity index (χ3v) is 3.04.